The van der Waals surface area contributed by atoms with Crippen LogP contribution in [0, 0.1) is 0 Å². The molecule has 1 fully saturated rings. The molecule has 2 aromatic carbocycles. The van der Waals surface area contributed by atoms with Gasteiger partial charge in [0.05, 0.1) is 25.6 Å². The van der Waals surface area contributed by atoms with Crippen molar-refractivity contribution in [3.05, 3.63) is 71.8 Å². The van der Waals surface area contributed by atoms with Crippen molar-refractivity contribution in [2.75, 3.05) is 19.6 Å². The number of carbonyl (C=O) groups is 1. The van der Waals surface area contributed by atoms with Crippen molar-refractivity contribution < 1.29 is 9.69 Å². The predicted octanol–water partition coefficient (Wildman–Crippen LogP) is 2.00. The van der Waals surface area contributed by atoms with Crippen molar-refractivity contribution >= 4 is 5.91 Å². The van der Waals surface area contributed by atoms with Crippen LogP contribution in [0.15, 0.2) is 60.7 Å². The molecular weight excluding hydrogens is 296 g/mol. The largest absolute Gasteiger partial charge is 0.349 e. The molecule has 1 amide bonds. The van der Waals surface area contributed by atoms with Crippen molar-refractivity contribution in [2.24, 2.45) is 0 Å². The van der Waals surface area contributed by atoms with E-state index in [4.69, 9.17) is 0 Å². The lowest BCUT2D eigenvalue weighted by Crippen LogP contribution is -3.14. The number of benzene rings is 2. The van der Waals surface area contributed by atoms with Gasteiger partial charge >= 0.3 is 0 Å². The van der Waals surface area contributed by atoms with Gasteiger partial charge in [-0.3, -0.25) is 4.79 Å². The first kappa shape index (κ1) is 16.7. The second-order valence-corrected chi connectivity index (χ2v) is 6.60. The van der Waals surface area contributed by atoms with Gasteiger partial charge in [-0.05, 0) is 18.1 Å². The molecule has 0 radical (unpaired) electrons. The van der Waals surface area contributed by atoms with Crippen molar-refractivity contribution in [1.29, 1.82) is 0 Å². The number of carbonyl (C=O) groups excluding carboxylic acids is 1. The van der Waals surface area contributed by atoms with E-state index < -0.39 is 0 Å². The fourth-order valence-electron chi connectivity index (χ4n) is 3.81. The van der Waals surface area contributed by atoms with Crippen LogP contribution in [-0.4, -0.2) is 31.6 Å². The van der Waals surface area contributed by atoms with Gasteiger partial charge in [-0.25, -0.2) is 0 Å². The Bertz CT molecular complexity index is 602. The highest BCUT2D eigenvalue weighted by molar-refractivity contribution is 5.87. The van der Waals surface area contributed by atoms with Crippen LogP contribution in [0.5, 0.6) is 0 Å². The highest BCUT2D eigenvalue weighted by Crippen LogP contribution is 2.24. The summed E-state index contributed by atoms with van der Waals surface area (Å²) in [6.45, 7) is 5.38. The number of hydrogen-bond donors (Lipinski definition) is 2. The molecule has 2 atom stereocenters. The van der Waals surface area contributed by atoms with E-state index in [1.54, 1.807) is 4.90 Å². The zero-order valence-electron chi connectivity index (χ0n) is 14.4. The van der Waals surface area contributed by atoms with E-state index in [1.807, 2.05) is 60.7 Å². The standard InChI is InChI=1S/C21H26N2O/c1-2-23-15-9-14-19(23)16-22-21(24)20(17-10-5-3-6-11-17)18-12-7-4-8-13-18/h3-8,10-13,19-20H,2,9,14-16H2,1H3,(H,22,24)/p+1/t19-/m1/s1. The van der Waals surface area contributed by atoms with Crippen molar-refractivity contribution in [2.45, 2.75) is 31.7 Å². The summed E-state index contributed by atoms with van der Waals surface area (Å²) in [5.41, 5.74) is 2.10. The third kappa shape index (κ3) is 3.85. The molecule has 0 aliphatic carbocycles. The normalized spacial score (nSPS) is 20.2. The number of hydrogen-bond acceptors (Lipinski definition) is 1. The Morgan fingerprint density at radius 1 is 1.08 bits per heavy atom. The smallest absolute Gasteiger partial charge is 0.232 e. The van der Waals surface area contributed by atoms with E-state index in [1.165, 1.54) is 19.4 Å². The molecule has 3 nitrogen and oxygen atoms in total. The first-order valence-corrected chi connectivity index (χ1v) is 9.01. The summed E-state index contributed by atoms with van der Waals surface area (Å²) in [5, 5.41) is 3.23. The van der Waals surface area contributed by atoms with Crippen molar-refractivity contribution in [3.8, 4) is 0 Å². The summed E-state index contributed by atoms with van der Waals surface area (Å²) in [6.07, 6.45) is 2.48. The molecule has 1 aliphatic heterocycles. The van der Waals surface area contributed by atoms with E-state index in [0.717, 1.165) is 24.2 Å². The summed E-state index contributed by atoms with van der Waals surface area (Å²) in [6, 6.07) is 20.7. The molecular formula is C21H27N2O+. The average Bonchev–Trinajstić information content (AvgIpc) is 3.09. The monoisotopic (exact) mass is 323 g/mol. The number of nitrogens with one attached hydrogen (secondary N) is 2. The van der Waals surface area contributed by atoms with E-state index >= 15 is 0 Å². The van der Waals surface area contributed by atoms with E-state index in [2.05, 4.69) is 12.2 Å². The molecule has 3 rings (SSSR count). The van der Waals surface area contributed by atoms with Gasteiger partial charge in [0.15, 0.2) is 0 Å². The summed E-state index contributed by atoms with van der Waals surface area (Å²) in [7, 11) is 0. The SMILES string of the molecule is CC[NH+]1CCC[C@@H]1CNC(=O)C(c1ccccc1)c1ccccc1. The summed E-state index contributed by atoms with van der Waals surface area (Å²) in [4.78, 5) is 14.6. The zero-order valence-corrected chi connectivity index (χ0v) is 14.4. The fourth-order valence-corrected chi connectivity index (χ4v) is 3.81. The van der Waals surface area contributed by atoms with Crippen LogP contribution in [0.3, 0.4) is 0 Å². The Morgan fingerprint density at radius 3 is 2.21 bits per heavy atom. The van der Waals surface area contributed by atoms with E-state index in [0.29, 0.717) is 6.04 Å². The molecule has 0 aromatic heterocycles. The minimum absolute atomic E-state index is 0.106. The molecule has 1 unspecified atom stereocenters. The minimum Gasteiger partial charge on any atom is -0.349 e. The third-order valence-corrected chi connectivity index (χ3v) is 5.13. The van der Waals surface area contributed by atoms with Gasteiger partial charge in [0.25, 0.3) is 0 Å². The minimum atomic E-state index is -0.237. The van der Waals surface area contributed by atoms with Crippen LogP contribution in [0.2, 0.25) is 0 Å². The number of likely N-dealkylation sites (N-methyl/N-ethyl adjacent to an activating group) is 1. The van der Waals surface area contributed by atoms with Crippen molar-refractivity contribution in [3.63, 3.8) is 0 Å². The number of likely N-dealkylation sites (tertiary alicyclic amines) is 1. The molecule has 0 saturated carbocycles. The maximum atomic E-state index is 13.0. The summed E-state index contributed by atoms with van der Waals surface area (Å²) in [5.74, 6) is -0.131. The highest BCUT2D eigenvalue weighted by Gasteiger charge is 2.29. The molecule has 1 saturated heterocycles. The second-order valence-electron chi connectivity index (χ2n) is 6.60. The molecule has 126 valence electrons. The van der Waals surface area contributed by atoms with E-state index in [9.17, 15) is 4.79 Å². The Balaban J connectivity index is 1.75. The fraction of sp³-hybridized carbons (Fsp3) is 0.381. The maximum Gasteiger partial charge on any atom is 0.232 e. The van der Waals surface area contributed by atoms with Gasteiger partial charge in [-0.15, -0.1) is 0 Å². The summed E-state index contributed by atoms with van der Waals surface area (Å²) >= 11 is 0. The number of quaternary nitrogens is 1. The van der Waals surface area contributed by atoms with Gasteiger partial charge < -0.3 is 10.2 Å². The molecule has 0 bridgehead atoms. The molecule has 2 aromatic rings. The van der Waals surface area contributed by atoms with Crippen molar-refractivity contribution in [1.82, 2.24) is 5.32 Å². The quantitative estimate of drug-likeness (QED) is 0.838. The van der Waals surface area contributed by atoms with Gasteiger partial charge in [0.2, 0.25) is 5.91 Å². The lowest BCUT2D eigenvalue weighted by Gasteiger charge is -2.22. The zero-order chi connectivity index (χ0) is 16.8. The molecule has 2 N–H and O–H groups in total. The third-order valence-electron chi connectivity index (χ3n) is 5.13. The predicted molar refractivity (Wildman–Crippen MR) is 97.1 cm³/mol. The van der Waals surface area contributed by atoms with Gasteiger partial charge in [-0.2, -0.15) is 0 Å². The number of amides is 1. The second kappa shape index (κ2) is 8.11. The lowest BCUT2D eigenvalue weighted by atomic mass is 9.90. The van der Waals surface area contributed by atoms with Crippen LogP contribution in [0.1, 0.15) is 36.8 Å². The maximum absolute atomic E-state index is 13.0. The first-order chi connectivity index (χ1) is 11.8. The lowest BCUT2D eigenvalue weighted by molar-refractivity contribution is -0.909. The van der Waals surface area contributed by atoms with Crippen LogP contribution >= 0.6 is 0 Å². The van der Waals surface area contributed by atoms with Crippen LogP contribution in [0.25, 0.3) is 0 Å². The van der Waals surface area contributed by atoms with Gasteiger partial charge in [0, 0.05) is 12.8 Å². The van der Waals surface area contributed by atoms with Gasteiger partial charge in [0.1, 0.15) is 6.04 Å². The first-order valence-electron chi connectivity index (χ1n) is 9.01. The average molecular weight is 323 g/mol. The molecule has 1 aliphatic rings. The molecule has 24 heavy (non-hydrogen) atoms. The molecule has 0 spiro atoms. The van der Waals surface area contributed by atoms with Crippen LogP contribution in [-0.2, 0) is 4.79 Å². The molecule has 1 heterocycles. The molecule has 3 heteroatoms. The summed E-state index contributed by atoms with van der Waals surface area (Å²) < 4.78 is 0. The Kier molecular flexibility index (Phi) is 5.65. The van der Waals surface area contributed by atoms with Crippen LogP contribution < -0.4 is 10.2 Å². The Labute approximate surface area is 144 Å². The van der Waals surface area contributed by atoms with Gasteiger partial charge in [-0.1, -0.05) is 60.7 Å². The highest BCUT2D eigenvalue weighted by atomic mass is 16.1. The Hall–Kier alpha value is -2.13. The number of rotatable bonds is 6. The van der Waals surface area contributed by atoms with E-state index in [-0.39, 0.29) is 11.8 Å². The topological polar surface area (TPSA) is 33.5 Å². The van der Waals surface area contributed by atoms with Crippen LogP contribution in [0.4, 0.5) is 0 Å². The Morgan fingerprint density at radius 2 is 1.67 bits per heavy atom.